The Morgan fingerprint density at radius 3 is 2.81 bits per heavy atom. The summed E-state index contributed by atoms with van der Waals surface area (Å²) in [7, 11) is 0. The fourth-order valence-corrected chi connectivity index (χ4v) is 2.24. The number of carbonyl (C=O) groups is 1. The number of urea groups is 1. The number of benzene rings is 1. The molecule has 1 heterocycles. The first-order chi connectivity index (χ1) is 7.70. The van der Waals surface area contributed by atoms with Crippen molar-refractivity contribution in [2.45, 2.75) is 26.3 Å². The molecule has 86 valence electrons. The van der Waals surface area contributed by atoms with Crippen LogP contribution in [0.2, 0.25) is 0 Å². The maximum absolute atomic E-state index is 11.7. The molecule has 16 heavy (non-hydrogen) atoms. The van der Waals surface area contributed by atoms with Crippen LogP contribution in [0.1, 0.15) is 30.5 Å². The van der Waals surface area contributed by atoms with Gasteiger partial charge >= 0.3 is 6.03 Å². The lowest BCUT2D eigenvalue weighted by atomic mass is 10.0. The van der Waals surface area contributed by atoms with Gasteiger partial charge in [0.25, 0.3) is 0 Å². The smallest absolute Gasteiger partial charge is 0.317 e. The topological polar surface area (TPSA) is 32.3 Å². The molecule has 3 heteroatoms. The van der Waals surface area contributed by atoms with Gasteiger partial charge in [0.2, 0.25) is 0 Å². The fraction of sp³-hybridized carbons (Fsp3) is 0.462. The molecule has 2 rings (SSSR count). The van der Waals surface area contributed by atoms with E-state index >= 15 is 0 Å². The SMILES string of the molecule is Cc1ccccc1C(C)N1CCCNC1=O. The van der Waals surface area contributed by atoms with E-state index < -0.39 is 0 Å². The van der Waals surface area contributed by atoms with Gasteiger partial charge in [0.15, 0.2) is 0 Å². The van der Waals surface area contributed by atoms with E-state index in [0.717, 1.165) is 19.5 Å². The summed E-state index contributed by atoms with van der Waals surface area (Å²) < 4.78 is 0. The van der Waals surface area contributed by atoms with Crippen molar-refractivity contribution in [2.75, 3.05) is 13.1 Å². The van der Waals surface area contributed by atoms with Crippen molar-refractivity contribution >= 4 is 6.03 Å². The van der Waals surface area contributed by atoms with Crippen LogP contribution in [0.3, 0.4) is 0 Å². The maximum Gasteiger partial charge on any atom is 0.317 e. The number of aryl methyl sites for hydroxylation is 1. The first-order valence-corrected chi connectivity index (χ1v) is 5.80. The summed E-state index contributed by atoms with van der Waals surface area (Å²) in [5.74, 6) is 0. The predicted molar refractivity (Wildman–Crippen MR) is 64.3 cm³/mol. The largest absolute Gasteiger partial charge is 0.338 e. The monoisotopic (exact) mass is 218 g/mol. The second-order valence-corrected chi connectivity index (χ2v) is 4.31. The van der Waals surface area contributed by atoms with Crippen LogP contribution < -0.4 is 5.32 Å². The average Bonchev–Trinajstić information content (AvgIpc) is 2.29. The van der Waals surface area contributed by atoms with E-state index in [-0.39, 0.29) is 12.1 Å². The quantitative estimate of drug-likeness (QED) is 0.812. The molecule has 1 atom stereocenters. The van der Waals surface area contributed by atoms with Gasteiger partial charge in [-0.15, -0.1) is 0 Å². The number of nitrogens with one attached hydrogen (secondary N) is 1. The summed E-state index contributed by atoms with van der Waals surface area (Å²) in [4.78, 5) is 13.6. The van der Waals surface area contributed by atoms with E-state index in [1.54, 1.807) is 0 Å². The van der Waals surface area contributed by atoms with Crippen molar-refractivity contribution < 1.29 is 4.79 Å². The molecule has 0 bridgehead atoms. The molecule has 0 aromatic heterocycles. The minimum absolute atomic E-state index is 0.0574. The third-order valence-electron chi connectivity index (χ3n) is 3.22. The van der Waals surface area contributed by atoms with Crippen molar-refractivity contribution in [1.82, 2.24) is 10.2 Å². The highest BCUT2D eigenvalue weighted by atomic mass is 16.2. The van der Waals surface area contributed by atoms with Gasteiger partial charge in [0.05, 0.1) is 6.04 Å². The first-order valence-electron chi connectivity index (χ1n) is 5.80. The number of nitrogens with zero attached hydrogens (tertiary/aromatic N) is 1. The molecule has 0 spiro atoms. The van der Waals surface area contributed by atoms with Crippen molar-refractivity contribution in [1.29, 1.82) is 0 Å². The molecule has 2 amide bonds. The molecular weight excluding hydrogens is 200 g/mol. The van der Waals surface area contributed by atoms with Gasteiger partial charge in [-0.2, -0.15) is 0 Å². The highest BCUT2D eigenvalue weighted by Gasteiger charge is 2.24. The van der Waals surface area contributed by atoms with Crippen LogP contribution in [-0.4, -0.2) is 24.0 Å². The molecule has 1 unspecified atom stereocenters. The van der Waals surface area contributed by atoms with Crippen LogP contribution in [0.4, 0.5) is 4.79 Å². The van der Waals surface area contributed by atoms with Gasteiger partial charge in [-0.1, -0.05) is 24.3 Å². The highest BCUT2D eigenvalue weighted by molar-refractivity contribution is 5.75. The summed E-state index contributed by atoms with van der Waals surface area (Å²) in [6, 6.07) is 8.46. The molecule has 3 nitrogen and oxygen atoms in total. The second-order valence-electron chi connectivity index (χ2n) is 4.31. The lowest BCUT2D eigenvalue weighted by Gasteiger charge is -2.33. The molecule has 1 aromatic rings. The number of amides is 2. The van der Waals surface area contributed by atoms with Crippen molar-refractivity contribution in [3.8, 4) is 0 Å². The number of hydrogen-bond donors (Lipinski definition) is 1. The Balaban J connectivity index is 2.21. The normalized spacial score (nSPS) is 18.1. The maximum atomic E-state index is 11.7. The van der Waals surface area contributed by atoms with Crippen LogP contribution in [-0.2, 0) is 0 Å². The number of rotatable bonds is 2. The first kappa shape index (κ1) is 11.0. The number of hydrogen-bond acceptors (Lipinski definition) is 1. The van der Waals surface area contributed by atoms with Crippen LogP contribution in [0.15, 0.2) is 24.3 Å². The fourth-order valence-electron chi connectivity index (χ4n) is 2.24. The van der Waals surface area contributed by atoms with Gasteiger partial charge in [-0.25, -0.2) is 4.79 Å². The summed E-state index contributed by atoms with van der Waals surface area (Å²) in [5, 5.41) is 2.89. The van der Waals surface area contributed by atoms with Gasteiger partial charge in [-0.3, -0.25) is 0 Å². The van der Waals surface area contributed by atoms with Crippen LogP contribution in [0, 0.1) is 6.92 Å². The zero-order valence-electron chi connectivity index (χ0n) is 9.86. The van der Waals surface area contributed by atoms with Crippen LogP contribution in [0.25, 0.3) is 0 Å². The molecule has 0 radical (unpaired) electrons. The van der Waals surface area contributed by atoms with Crippen LogP contribution >= 0.6 is 0 Å². The molecule has 1 fully saturated rings. The summed E-state index contributed by atoms with van der Waals surface area (Å²) >= 11 is 0. The Kier molecular flexibility index (Phi) is 3.13. The van der Waals surface area contributed by atoms with Crippen molar-refractivity contribution in [3.05, 3.63) is 35.4 Å². The van der Waals surface area contributed by atoms with Gasteiger partial charge in [-0.05, 0) is 31.4 Å². The lowest BCUT2D eigenvalue weighted by molar-refractivity contribution is 0.166. The van der Waals surface area contributed by atoms with Crippen LogP contribution in [0.5, 0.6) is 0 Å². The van der Waals surface area contributed by atoms with E-state index in [0.29, 0.717) is 0 Å². The summed E-state index contributed by atoms with van der Waals surface area (Å²) in [6.45, 7) is 5.83. The Hall–Kier alpha value is -1.51. The molecular formula is C13H18N2O. The predicted octanol–water partition coefficient (Wildman–Crippen LogP) is 2.47. The minimum atomic E-state index is 0.0574. The summed E-state index contributed by atoms with van der Waals surface area (Å²) in [6.07, 6.45) is 1.03. The van der Waals surface area contributed by atoms with Gasteiger partial charge < -0.3 is 10.2 Å². The number of carbonyl (C=O) groups excluding carboxylic acids is 1. The average molecular weight is 218 g/mol. The van der Waals surface area contributed by atoms with Gasteiger partial charge in [0.1, 0.15) is 0 Å². The summed E-state index contributed by atoms with van der Waals surface area (Å²) in [5.41, 5.74) is 2.48. The third kappa shape index (κ3) is 2.03. The molecule has 1 N–H and O–H groups in total. The Morgan fingerprint density at radius 2 is 2.12 bits per heavy atom. The molecule has 0 saturated carbocycles. The van der Waals surface area contributed by atoms with E-state index in [4.69, 9.17) is 0 Å². The third-order valence-corrected chi connectivity index (χ3v) is 3.22. The highest BCUT2D eigenvalue weighted by Crippen LogP contribution is 2.24. The zero-order chi connectivity index (χ0) is 11.5. The van der Waals surface area contributed by atoms with E-state index in [1.165, 1.54) is 11.1 Å². The molecule has 1 aliphatic rings. The van der Waals surface area contributed by atoms with Gasteiger partial charge in [0, 0.05) is 13.1 Å². The van der Waals surface area contributed by atoms with Crippen molar-refractivity contribution in [3.63, 3.8) is 0 Å². The zero-order valence-corrected chi connectivity index (χ0v) is 9.86. The lowest BCUT2D eigenvalue weighted by Crippen LogP contribution is -2.47. The minimum Gasteiger partial charge on any atom is -0.338 e. The Bertz CT molecular complexity index is 389. The second kappa shape index (κ2) is 4.56. The standard InChI is InChI=1S/C13H18N2O/c1-10-6-3-4-7-12(10)11(2)15-9-5-8-14-13(15)16/h3-4,6-7,11H,5,8-9H2,1-2H3,(H,14,16). The van der Waals surface area contributed by atoms with E-state index in [1.807, 2.05) is 17.0 Å². The molecule has 0 aliphatic carbocycles. The Labute approximate surface area is 96.5 Å². The van der Waals surface area contributed by atoms with E-state index in [9.17, 15) is 4.79 Å². The van der Waals surface area contributed by atoms with E-state index in [2.05, 4.69) is 31.3 Å². The molecule has 1 aromatic carbocycles. The Morgan fingerprint density at radius 1 is 1.38 bits per heavy atom. The van der Waals surface area contributed by atoms with Crippen molar-refractivity contribution in [2.24, 2.45) is 0 Å². The molecule has 1 aliphatic heterocycles. The molecule has 1 saturated heterocycles.